The van der Waals surface area contributed by atoms with Crippen LogP contribution in [-0.2, 0) is 0 Å². The molecule has 2 aromatic rings. The fourth-order valence-corrected chi connectivity index (χ4v) is 1.77. The molecule has 0 spiro atoms. The van der Waals surface area contributed by atoms with Crippen LogP contribution in [0.3, 0.4) is 0 Å². The molecule has 0 aliphatic carbocycles. The number of aryl methyl sites for hydroxylation is 1. The number of rotatable bonds is 0. The number of aromatic nitrogens is 1. The predicted molar refractivity (Wildman–Crippen MR) is 65.5 cm³/mol. The quantitative estimate of drug-likeness (QED) is 0.679. The molecule has 1 aromatic heterocycles. The first-order chi connectivity index (χ1) is 6.79. The van der Waals surface area contributed by atoms with Gasteiger partial charge < -0.3 is 0 Å². The molecule has 0 radical (unpaired) electrons. The Hall–Kier alpha value is -0.890. The summed E-state index contributed by atoms with van der Waals surface area (Å²) in [6.07, 6.45) is 3.77. The third-order valence-corrected chi connectivity index (χ3v) is 2.64. The van der Waals surface area contributed by atoms with Crippen molar-refractivity contribution < 1.29 is 0 Å². The van der Waals surface area contributed by atoms with Crippen molar-refractivity contribution in [3.05, 3.63) is 40.6 Å². The Bertz CT molecular complexity index is 382. The highest BCUT2D eigenvalue weighted by molar-refractivity contribution is 9.10. The Labute approximate surface area is 93.3 Å². The van der Waals surface area contributed by atoms with Crippen molar-refractivity contribution in [3.63, 3.8) is 0 Å². The van der Waals surface area contributed by atoms with E-state index in [9.17, 15) is 0 Å². The third kappa shape index (κ3) is 2.13. The molecule has 74 valence electrons. The minimum absolute atomic E-state index is 1.11. The fraction of sp³-hybridized carbons (Fsp3) is 0.250. The van der Waals surface area contributed by atoms with E-state index in [1.165, 1.54) is 16.3 Å². The van der Waals surface area contributed by atoms with Crippen molar-refractivity contribution >= 4 is 26.7 Å². The van der Waals surface area contributed by atoms with Crippen LogP contribution in [-0.4, -0.2) is 4.98 Å². The molecule has 0 amide bonds. The predicted octanol–water partition coefficient (Wildman–Crippen LogP) is 4.33. The van der Waals surface area contributed by atoms with Gasteiger partial charge in [-0.25, -0.2) is 0 Å². The van der Waals surface area contributed by atoms with Gasteiger partial charge in [0.1, 0.15) is 0 Å². The van der Waals surface area contributed by atoms with E-state index in [1.54, 1.807) is 0 Å². The summed E-state index contributed by atoms with van der Waals surface area (Å²) in [7, 11) is 0. The van der Waals surface area contributed by atoms with Crippen molar-refractivity contribution in [1.82, 2.24) is 4.98 Å². The number of benzene rings is 1. The van der Waals surface area contributed by atoms with Gasteiger partial charge >= 0.3 is 0 Å². The molecule has 0 saturated heterocycles. The maximum Gasteiger partial charge on any atom is 0.0357 e. The SMILES string of the molecule is CC.Cc1cncc2c(Br)cccc12. The minimum atomic E-state index is 1.11. The van der Waals surface area contributed by atoms with Gasteiger partial charge in [-0.2, -0.15) is 0 Å². The number of hydrogen-bond acceptors (Lipinski definition) is 1. The first-order valence-corrected chi connectivity index (χ1v) is 5.57. The van der Waals surface area contributed by atoms with Crippen LogP contribution in [0.25, 0.3) is 10.8 Å². The Morgan fingerprint density at radius 3 is 2.43 bits per heavy atom. The summed E-state index contributed by atoms with van der Waals surface area (Å²) >= 11 is 3.49. The summed E-state index contributed by atoms with van der Waals surface area (Å²) in [5.74, 6) is 0. The van der Waals surface area contributed by atoms with Crippen molar-refractivity contribution in [1.29, 1.82) is 0 Å². The molecule has 2 rings (SSSR count). The zero-order chi connectivity index (χ0) is 10.6. The normalized spacial score (nSPS) is 9.43. The van der Waals surface area contributed by atoms with Gasteiger partial charge in [-0.1, -0.05) is 41.9 Å². The highest BCUT2D eigenvalue weighted by Gasteiger charge is 1.99. The van der Waals surface area contributed by atoms with E-state index in [-0.39, 0.29) is 0 Å². The number of halogens is 1. The smallest absolute Gasteiger partial charge is 0.0357 e. The maximum absolute atomic E-state index is 4.14. The van der Waals surface area contributed by atoms with E-state index < -0.39 is 0 Å². The van der Waals surface area contributed by atoms with Crippen LogP contribution in [0.4, 0.5) is 0 Å². The standard InChI is InChI=1S/C10H8BrN.C2H6/c1-7-5-12-6-9-8(7)3-2-4-10(9)11;1-2/h2-6H,1H3;1-2H3. The number of hydrogen-bond donors (Lipinski definition) is 0. The molecule has 0 bridgehead atoms. The Balaban J connectivity index is 0.000000461. The zero-order valence-corrected chi connectivity index (χ0v) is 10.3. The van der Waals surface area contributed by atoms with Gasteiger partial charge in [0.15, 0.2) is 0 Å². The molecule has 1 nitrogen and oxygen atoms in total. The Kier molecular flexibility index (Phi) is 4.08. The van der Waals surface area contributed by atoms with Crippen LogP contribution >= 0.6 is 15.9 Å². The molecular formula is C12H14BrN. The van der Waals surface area contributed by atoms with E-state index in [1.807, 2.05) is 38.4 Å². The van der Waals surface area contributed by atoms with E-state index in [2.05, 4.69) is 33.9 Å². The van der Waals surface area contributed by atoms with Gasteiger partial charge in [-0.05, 0) is 23.9 Å². The number of nitrogens with zero attached hydrogens (tertiary/aromatic N) is 1. The first kappa shape index (κ1) is 11.2. The summed E-state index contributed by atoms with van der Waals surface area (Å²) in [4.78, 5) is 4.14. The first-order valence-electron chi connectivity index (χ1n) is 4.78. The Morgan fingerprint density at radius 2 is 1.79 bits per heavy atom. The molecule has 1 heterocycles. The van der Waals surface area contributed by atoms with E-state index in [0.29, 0.717) is 0 Å². The number of pyridine rings is 1. The monoisotopic (exact) mass is 251 g/mol. The second-order valence-corrected chi connectivity index (χ2v) is 3.65. The molecule has 1 aromatic carbocycles. The minimum Gasteiger partial charge on any atom is -0.264 e. The second-order valence-electron chi connectivity index (χ2n) is 2.79. The van der Waals surface area contributed by atoms with Crippen LogP contribution in [0.15, 0.2) is 35.1 Å². The molecule has 2 heteroatoms. The molecular weight excluding hydrogens is 238 g/mol. The lowest BCUT2D eigenvalue weighted by Crippen LogP contribution is -1.81. The molecule has 0 aliphatic rings. The third-order valence-electron chi connectivity index (χ3n) is 1.95. The van der Waals surface area contributed by atoms with Gasteiger partial charge in [0, 0.05) is 22.3 Å². The summed E-state index contributed by atoms with van der Waals surface area (Å²) in [5, 5.41) is 2.44. The van der Waals surface area contributed by atoms with Gasteiger partial charge in [0.25, 0.3) is 0 Å². The average molecular weight is 252 g/mol. The lowest BCUT2D eigenvalue weighted by Gasteiger charge is -2.01. The highest BCUT2D eigenvalue weighted by atomic mass is 79.9. The molecule has 14 heavy (non-hydrogen) atoms. The van der Waals surface area contributed by atoms with Crippen molar-refractivity contribution in [3.8, 4) is 0 Å². The molecule has 0 N–H and O–H groups in total. The van der Waals surface area contributed by atoms with Gasteiger partial charge in [0.05, 0.1) is 0 Å². The van der Waals surface area contributed by atoms with E-state index in [0.717, 1.165) is 4.47 Å². The number of fused-ring (bicyclic) bond motifs is 1. The van der Waals surface area contributed by atoms with Crippen LogP contribution in [0.1, 0.15) is 19.4 Å². The molecule has 0 atom stereocenters. The summed E-state index contributed by atoms with van der Waals surface area (Å²) in [6.45, 7) is 6.07. The highest BCUT2D eigenvalue weighted by Crippen LogP contribution is 2.24. The largest absolute Gasteiger partial charge is 0.264 e. The summed E-state index contributed by atoms with van der Waals surface area (Å²) in [6, 6.07) is 6.18. The van der Waals surface area contributed by atoms with Crippen LogP contribution < -0.4 is 0 Å². The van der Waals surface area contributed by atoms with E-state index >= 15 is 0 Å². The lowest BCUT2D eigenvalue weighted by molar-refractivity contribution is 1.31. The zero-order valence-electron chi connectivity index (χ0n) is 8.71. The van der Waals surface area contributed by atoms with Crippen LogP contribution in [0.5, 0.6) is 0 Å². The maximum atomic E-state index is 4.14. The average Bonchev–Trinajstić information content (AvgIpc) is 2.23. The second kappa shape index (κ2) is 5.11. The summed E-state index contributed by atoms with van der Waals surface area (Å²) < 4.78 is 1.11. The van der Waals surface area contributed by atoms with Crippen molar-refractivity contribution in [2.45, 2.75) is 20.8 Å². The van der Waals surface area contributed by atoms with Gasteiger partial charge in [-0.3, -0.25) is 4.98 Å². The van der Waals surface area contributed by atoms with E-state index in [4.69, 9.17) is 0 Å². The molecule has 0 unspecified atom stereocenters. The topological polar surface area (TPSA) is 12.9 Å². The molecule has 0 aliphatic heterocycles. The van der Waals surface area contributed by atoms with Crippen LogP contribution in [0, 0.1) is 6.92 Å². The fourth-order valence-electron chi connectivity index (χ4n) is 1.31. The van der Waals surface area contributed by atoms with Gasteiger partial charge in [-0.15, -0.1) is 0 Å². The molecule has 0 saturated carbocycles. The Morgan fingerprint density at radius 1 is 1.07 bits per heavy atom. The van der Waals surface area contributed by atoms with Crippen LogP contribution in [0.2, 0.25) is 0 Å². The van der Waals surface area contributed by atoms with Crippen molar-refractivity contribution in [2.75, 3.05) is 0 Å². The lowest BCUT2D eigenvalue weighted by atomic mass is 10.1. The summed E-state index contributed by atoms with van der Waals surface area (Å²) in [5.41, 5.74) is 1.22. The van der Waals surface area contributed by atoms with Gasteiger partial charge in [0.2, 0.25) is 0 Å². The van der Waals surface area contributed by atoms with Crippen molar-refractivity contribution in [2.24, 2.45) is 0 Å². The molecule has 0 fully saturated rings.